The lowest BCUT2D eigenvalue weighted by atomic mass is 9.72. The molecule has 0 radical (unpaired) electrons. The quantitative estimate of drug-likeness (QED) is 0.672. The number of amides is 1. The molecule has 7 nitrogen and oxygen atoms in total. The number of hydrogen-bond donors (Lipinski definition) is 2. The smallest absolute Gasteiger partial charge is 0.303 e. The third-order valence-electron chi connectivity index (χ3n) is 6.78. The number of carboxylic acid groups (broad SMARTS) is 1. The van der Waals surface area contributed by atoms with Gasteiger partial charge in [0, 0.05) is 30.8 Å². The Morgan fingerprint density at radius 1 is 1.23 bits per heavy atom. The largest absolute Gasteiger partial charge is 0.493 e. The lowest BCUT2D eigenvalue weighted by molar-refractivity contribution is -0.140. The zero-order chi connectivity index (χ0) is 21.9. The molecule has 30 heavy (non-hydrogen) atoms. The van der Waals surface area contributed by atoms with E-state index in [4.69, 9.17) is 14.6 Å². The average molecular weight is 420 g/mol. The van der Waals surface area contributed by atoms with Crippen LogP contribution in [-0.2, 0) is 9.59 Å². The van der Waals surface area contributed by atoms with Gasteiger partial charge >= 0.3 is 5.97 Å². The molecule has 0 unspecified atom stereocenters. The minimum atomic E-state index is -0.985. The summed E-state index contributed by atoms with van der Waals surface area (Å²) < 4.78 is 11.7. The number of benzene rings is 1. The number of nitrogens with zero attached hydrogens (tertiary/aromatic N) is 1. The van der Waals surface area contributed by atoms with Gasteiger partial charge in [0.15, 0.2) is 11.5 Å². The first-order valence-electron chi connectivity index (χ1n) is 10.8. The third-order valence-corrected chi connectivity index (χ3v) is 6.78. The molecule has 2 fully saturated rings. The Morgan fingerprint density at radius 3 is 2.53 bits per heavy atom. The number of aliphatic hydroxyl groups is 1. The van der Waals surface area contributed by atoms with Crippen LogP contribution in [0.15, 0.2) is 18.2 Å². The van der Waals surface area contributed by atoms with Crippen LogP contribution in [0, 0.1) is 5.41 Å². The first-order chi connectivity index (χ1) is 14.2. The molecule has 7 heteroatoms. The second kappa shape index (κ2) is 9.25. The Bertz CT molecular complexity index is 773. The van der Waals surface area contributed by atoms with Gasteiger partial charge in [0.1, 0.15) is 0 Å². The lowest BCUT2D eigenvalue weighted by Crippen LogP contribution is -2.38. The van der Waals surface area contributed by atoms with E-state index < -0.39 is 17.5 Å². The monoisotopic (exact) mass is 419 g/mol. The highest BCUT2D eigenvalue weighted by molar-refractivity contribution is 5.81. The Morgan fingerprint density at radius 2 is 1.93 bits per heavy atom. The van der Waals surface area contributed by atoms with Crippen LogP contribution >= 0.6 is 0 Å². The first-order valence-corrected chi connectivity index (χ1v) is 10.8. The average Bonchev–Trinajstić information content (AvgIpc) is 3.34. The normalized spacial score (nSPS) is 25.3. The van der Waals surface area contributed by atoms with Gasteiger partial charge in [0.2, 0.25) is 5.91 Å². The van der Waals surface area contributed by atoms with Gasteiger partial charge in [-0.05, 0) is 50.3 Å². The molecule has 3 atom stereocenters. The maximum absolute atomic E-state index is 12.6. The van der Waals surface area contributed by atoms with Gasteiger partial charge in [-0.1, -0.05) is 13.0 Å². The fourth-order valence-corrected chi connectivity index (χ4v) is 4.67. The summed E-state index contributed by atoms with van der Waals surface area (Å²) in [4.78, 5) is 25.1. The van der Waals surface area contributed by atoms with Crippen molar-refractivity contribution in [3.8, 4) is 11.5 Å². The molecule has 1 heterocycles. The number of rotatable bonds is 8. The van der Waals surface area contributed by atoms with E-state index in [-0.39, 0.29) is 30.8 Å². The van der Waals surface area contributed by atoms with Crippen LogP contribution < -0.4 is 9.47 Å². The molecule has 1 aromatic carbocycles. The number of ether oxygens (including phenoxy) is 2. The van der Waals surface area contributed by atoms with Crippen LogP contribution in [0.2, 0.25) is 0 Å². The zero-order valence-corrected chi connectivity index (χ0v) is 18.1. The van der Waals surface area contributed by atoms with E-state index in [1.54, 1.807) is 18.9 Å². The van der Waals surface area contributed by atoms with Crippen LogP contribution in [0.5, 0.6) is 11.5 Å². The van der Waals surface area contributed by atoms with E-state index in [0.717, 1.165) is 18.4 Å². The van der Waals surface area contributed by atoms with Crippen molar-refractivity contribution in [2.24, 2.45) is 5.41 Å². The predicted octanol–water partition coefficient (Wildman–Crippen LogP) is 3.19. The van der Waals surface area contributed by atoms with E-state index in [0.29, 0.717) is 24.6 Å². The summed E-state index contributed by atoms with van der Waals surface area (Å²) in [6, 6.07) is 5.83. The van der Waals surface area contributed by atoms with E-state index in [1.807, 2.05) is 25.1 Å². The molecular weight excluding hydrogens is 386 g/mol. The molecular formula is C23H33NO6. The van der Waals surface area contributed by atoms with Gasteiger partial charge in [-0.3, -0.25) is 9.59 Å². The summed E-state index contributed by atoms with van der Waals surface area (Å²) in [7, 11) is 1.62. The summed E-state index contributed by atoms with van der Waals surface area (Å²) in [6.45, 7) is 4.56. The van der Waals surface area contributed by atoms with Crippen LogP contribution in [0.4, 0.5) is 0 Å². The summed E-state index contributed by atoms with van der Waals surface area (Å²) in [5.74, 6) is 0.106. The topological polar surface area (TPSA) is 96.3 Å². The lowest BCUT2D eigenvalue weighted by Gasteiger charge is -2.34. The van der Waals surface area contributed by atoms with Crippen molar-refractivity contribution in [1.82, 2.24) is 4.90 Å². The summed E-state index contributed by atoms with van der Waals surface area (Å²) >= 11 is 0. The van der Waals surface area contributed by atoms with Gasteiger partial charge < -0.3 is 24.6 Å². The Balaban J connectivity index is 1.85. The maximum atomic E-state index is 12.6. The highest BCUT2D eigenvalue weighted by Crippen LogP contribution is 2.47. The molecule has 2 N–H and O–H groups in total. The third kappa shape index (κ3) is 4.72. The van der Waals surface area contributed by atoms with Gasteiger partial charge in [-0.25, -0.2) is 0 Å². The van der Waals surface area contributed by atoms with Gasteiger partial charge in [0.25, 0.3) is 0 Å². The number of carbonyl (C=O) groups is 2. The summed E-state index contributed by atoms with van der Waals surface area (Å²) in [5.41, 5.74) is 0.443. The van der Waals surface area contributed by atoms with Crippen molar-refractivity contribution < 1.29 is 29.3 Å². The molecule has 3 rings (SSSR count). The van der Waals surface area contributed by atoms with Crippen LogP contribution in [0.1, 0.15) is 63.9 Å². The molecule has 1 aliphatic heterocycles. The fourth-order valence-electron chi connectivity index (χ4n) is 4.67. The molecule has 1 saturated heterocycles. The van der Waals surface area contributed by atoms with E-state index in [2.05, 4.69) is 0 Å². The molecule has 1 amide bonds. The molecule has 0 aromatic heterocycles. The highest BCUT2D eigenvalue weighted by Gasteiger charge is 2.48. The SMILES string of the molecule is COc1ccc([C@@H]2CN(C(=O)CCC(=O)O)C[C@@]2(C)[C@@H](C)O)cc1OC1CCCC1. The highest BCUT2D eigenvalue weighted by atomic mass is 16.5. The Labute approximate surface area is 178 Å². The van der Waals surface area contributed by atoms with Crippen molar-refractivity contribution in [3.63, 3.8) is 0 Å². The van der Waals surface area contributed by atoms with E-state index >= 15 is 0 Å². The number of carbonyl (C=O) groups excluding carboxylic acids is 1. The second-order valence-corrected chi connectivity index (χ2v) is 8.84. The fraction of sp³-hybridized carbons (Fsp3) is 0.652. The molecule has 1 aliphatic carbocycles. The molecule has 0 bridgehead atoms. The van der Waals surface area contributed by atoms with Crippen molar-refractivity contribution in [2.45, 2.75) is 70.5 Å². The van der Waals surface area contributed by atoms with Crippen molar-refractivity contribution >= 4 is 11.9 Å². The first kappa shape index (κ1) is 22.4. The van der Waals surface area contributed by atoms with Crippen molar-refractivity contribution in [3.05, 3.63) is 23.8 Å². The molecule has 0 spiro atoms. The standard InChI is InChI=1S/C23H33NO6/c1-15(25)23(2)14-24(21(26)10-11-22(27)28)13-18(23)16-8-9-19(29-3)20(12-16)30-17-6-4-5-7-17/h8-9,12,15,17-18,25H,4-7,10-11,13-14H2,1-3H3,(H,27,28)/t15-,18+,23+/m1/s1. The number of methoxy groups -OCH3 is 1. The zero-order valence-electron chi connectivity index (χ0n) is 18.1. The Kier molecular flexibility index (Phi) is 6.91. The number of carboxylic acids is 1. The minimum Gasteiger partial charge on any atom is -0.493 e. The van der Waals surface area contributed by atoms with Gasteiger partial charge in [0.05, 0.1) is 25.7 Å². The Hall–Kier alpha value is -2.28. The molecule has 1 saturated carbocycles. The van der Waals surface area contributed by atoms with Crippen LogP contribution in [0.3, 0.4) is 0 Å². The minimum absolute atomic E-state index is 0.0312. The summed E-state index contributed by atoms with van der Waals surface area (Å²) in [6.07, 6.45) is 3.74. The van der Waals surface area contributed by atoms with E-state index in [9.17, 15) is 14.7 Å². The maximum Gasteiger partial charge on any atom is 0.303 e. The van der Waals surface area contributed by atoms with Gasteiger partial charge in [-0.15, -0.1) is 0 Å². The van der Waals surface area contributed by atoms with Gasteiger partial charge in [-0.2, -0.15) is 0 Å². The van der Waals surface area contributed by atoms with E-state index in [1.165, 1.54) is 12.8 Å². The molecule has 166 valence electrons. The number of aliphatic hydroxyl groups excluding tert-OH is 1. The number of aliphatic carboxylic acids is 1. The van der Waals surface area contributed by atoms with Crippen molar-refractivity contribution in [2.75, 3.05) is 20.2 Å². The second-order valence-electron chi connectivity index (χ2n) is 8.84. The van der Waals surface area contributed by atoms with Crippen LogP contribution in [0.25, 0.3) is 0 Å². The van der Waals surface area contributed by atoms with Crippen molar-refractivity contribution in [1.29, 1.82) is 0 Å². The van der Waals surface area contributed by atoms with Crippen LogP contribution in [-0.4, -0.2) is 59.4 Å². The number of hydrogen-bond acceptors (Lipinski definition) is 5. The summed E-state index contributed by atoms with van der Waals surface area (Å²) in [5, 5.41) is 19.5. The molecule has 2 aliphatic rings. The number of likely N-dealkylation sites (tertiary alicyclic amines) is 1. The predicted molar refractivity (Wildman–Crippen MR) is 112 cm³/mol. The molecule has 1 aromatic rings.